The van der Waals surface area contributed by atoms with Crippen LogP contribution in [0.3, 0.4) is 0 Å². The number of amides is 3. The molecule has 0 saturated carbocycles. The van der Waals surface area contributed by atoms with Crippen molar-refractivity contribution in [3.05, 3.63) is 75.9 Å². The molecule has 0 radical (unpaired) electrons. The zero-order chi connectivity index (χ0) is 25.9. The van der Waals surface area contributed by atoms with Gasteiger partial charge in [0.1, 0.15) is 5.75 Å². The lowest BCUT2D eigenvalue weighted by Crippen LogP contribution is -2.32. The molecule has 0 aliphatic rings. The van der Waals surface area contributed by atoms with Crippen LogP contribution in [0.5, 0.6) is 17.2 Å². The molecule has 0 bridgehead atoms. The van der Waals surface area contributed by atoms with Crippen LogP contribution in [0.2, 0.25) is 0 Å². The van der Waals surface area contributed by atoms with Gasteiger partial charge in [-0.1, -0.05) is 18.2 Å². The van der Waals surface area contributed by atoms with Gasteiger partial charge in [0.05, 0.1) is 24.0 Å². The Hall–Kier alpha value is -4.13. The molecule has 0 spiro atoms. The summed E-state index contributed by atoms with van der Waals surface area (Å²) in [4.78, 5) is 36.3. The molecule has 0 atom stereocenters. The standard InChI is InChI=1S/C25H23IN4O6/c1-34-19-10-8-18(9-11-19)29-24(32)25(33)30-27-14-16-12-20(26)23(21(13-16)35-2)36-15-22(31)28-17-6-4-3-5-7-17/h3-14H,15H2,1-2H3,(H,28,31)(H,29,32)(H,30,33)/b27-14-. The molecule has 0 saturated heterocycles. The summed E-state index contributed by atoms with van der Waals surface area (Å²) in [5.74, 6) is -0.741. The van der Waals surface area contributed by atoms with E-state index in [0.29, 0.717) is 37.8 Å². The highest BCUT2D eigenvalue weighted by atomic mass is 127. The summed E-state index contributed by atoms with van der Waals surface area (Å²) in [6.07, 6.45) is 1.36. The second-order valence-electron chi connectivity index (χ2n) is 7.12. The Labute approximate surface area is 221 Å². The lowest BCUT2D eigenvalue weighted by molar-refractivity contribution is -0.136. The fraction of sp³-hybridized carbons (Fsp3) is 0.120. The third-order valence-corrected chi connectivity index (χ3v) is 5.39. The Morgan fingerprint density at radius 1 is 0.889 bits per heavy atom. The number of halogens is 1. The minimum absolute atomic E-state index is 0.214. The summed E-state index contributed by atoms with van der Waals surface area (Å²) in [6.45, 7) is -0.214. The van der Waals surface area contributed by atoms with Gasteiger partial charge < -0.3 is 24.8 Å². The van der Waals surface area contributed by atoms with E-state index in [1.165, 1.54) is 20.4 Å². The first-order valence-electron chi connectivity index (χ1n) is 10.5. The second kappa shape index (κ2) is 13.1. The monoisotopic (exact) mass is 602 g/mol. The molecule has 0 aliphatic carbocycles. The molecule has 3 amide bonds. The van der Waals surface area contributed by atoms with Gasteiger partial charge in [-0.3, -0.25) is 14.4 Å². The van der Waals surface area contributed by atoms with E-state index in [9.17, 15) is 14.4 Å². The fourth-order valence-electron chi connectivity index (χ4n) is 2.89. The molecular formula is C25H23IN4O6. The Morgan fingerprint density at radius 2 is 1.58 bits per heavy atom. The average molecular weight is 602 g/mol. The van der Waals surface area contributed by atoms with Crippen molar-refractivity contribution in [2.45, 2.75) is 0 Å². The predicted octanol–water partition coefficient (Wildman–Crippen LogP) is 3.41. The van der Waals surface area contributed by atoms with Crippen LogP contribution in [-0.2, 0) is 14.4 Å². The number of benzene rings is 3. The number of hydrazone groups is 1. The van der Waals surface area contributed by atoms with E-state index < -0.39 is 11.8 Å². The van der Waals surface area contributed by atoms with Crippen LogP contribution in [0.25, 0.3) is 0 Å². The van der Waals surface area contributed by atoms with Gasteiger partial charge in [-0.25, -0.2) is 5.43 Å². The van der Waals surface area contributed by atoms with Crippen LogP contribution < -0.4 is 30.3 Å². The maximum Gasteiger partial charge on any atom is 0.329 e. The van der Waals surface area contributed by atoms with Crippen molar-refractivity contribution in [1.29, 1.82) is 0 Å². The van der Waals surface area contributed by atoms with Gasteiger partial charge in [0.25, 0.3) is 5.91 Å². The summed E-state index contributed by atoms with van der Waals surface area (Å²) < 4.78 is 16.8. The fourth-order valence-corrected chi connectivity index (χ4v) is 3.67. The molecule has 0 aliphatic heterocycles. The average Bonchev–Trinajstić information content (AvgIpc) is 2.88. The highest BCUT2D eigenvalue weighted by Crippen LogP contribution is 2.33. The third-order valence-electron chi connectivity index (χ3n) is 4.59. The van der Waals surface area contributed by atoms with Crippen LogP contribution in [0.4, 0.5) is 11.4 Å². The van der Waals surface area contributed by atoms with E-state index in [2.05, 4.69) is 21.2 Å². The van der Waals surface area contributed by atoms with Gasteiger partial charge in [-0.2, -0.15) is 5.10 Å². The lowest BCUT2D eigenvalue weighted by atomic mass is 10.2. The van der Waals surface area contributed by atoms with Gasteiger partial charge in [0, 0.05) is 11.4 Å². The summed E-state index contributed by atoms with van der Waals surface area (Å²) in [5.41, 5.74) is 3.85. The van der Waals surface area contributed by atoms with E-state index in [0.717, 1.165) is 0 Å². The lowest BCUT2D eigenvalue weighted by Gasteiger charge is -2.13. The highest BCUT2D eigenvalue weighted by molar-refractivity contribution is 14.1. The number of para-hydroxylation sites is 1. The number of nitrogens with one attached hydrogen (secondary N) is 3. The Bertz CT molecular complexity index is 1250. The first-order chi connectivity index (χ1) is 17.4. The molecule has 0 fully saturated rings. The number of carbonyl (C=O) groups excluding carboxylic acids is 3. The smallest absolute Gasteiger partial charge is 0.329 e. The summed E-state index contributed by atoms with van der Waals surface area (Å²) >= 11 is 2.04. The Balaban J connectivity index is 1.56. The van der Waals surface area contributed by atoms with Crippen molar-refractivity contribution in [2.75, 3.05) is 31.5 Å². The van der Waals surface area contributed by atoms with E-state index in [4.69, 9.17) is 14.2 Å². The normalized spacial score (nSPS) is 10.4. The number of hydrogen-bond donors (Lipinski definition) is 3. The van der Waals surface area contributed by atoms with Crippen LogP contribution in [-0.4, -0.2) is 44.8 Å². The maximum atomic E-state index is 12.2. The van der Waals surface area contributed by atoms with Crippen molar-refractivity contribution in [2.24, 2.45) is 5.10 Å². The van der Waals surface area contributed by atoms with E-state index in [1.54, 1.807) is 48.5 Å². The molecule has 3 aromatic rings. The number of methoxy groups -OCH3 is 2. The first kappa shape index (κ1) is 26.5. The Kier molecular flexibility index (Phi) is 9.63. The molecule has 11 heteroatoms. The molecule has 186 valence electrons. The van der Waals surface area contributed by atoms with Crippen molar-refractivity contribution in [1.82, 2.24) is 5.43 Å². The largest absolute Gasteiger partial charge is 0.497 e. The predicted molar refractivity (Wildman–Crippen MR) is 144 cm³/mol. The second-order valence-corrected chi connectivity index (χ2v) is 8.28. The molecule has 0 aromatic heterocycles. The zero-order valence-electron chi connectivity index (χ0n) is 19.4. The quantitative estimate of drug-likeness (QED) is 0.149. The molecule has 3 rings (SSSR count). The van der Waals surface area contributed by atoms with Crippen LogP contribution in [0.15, 0.2) is 71.8 Å². The number of rotatable bonds is 9. The summed E-state index contributed by atoms with van der Waals surface area (Å²) in [7, 11) is 3.00. The van der Waals surface area contributed by atoms with Crippen molar-refractivity contribution < 1.29 is 28.6 Å². The minimum Gasteiger partial charge on any atom is -0.497 e. The molecule has 10 nitrogen and oxygen atoms in total. The molecule has 3 N–H and O–H groups in total. The van der Waals surface area contributed by atoms with Gasteiger partial charge in [-0.05, 0) is 76.7 Å². The molecule has 0 heterocycles. The zero-order valence-corrected chi connectivity index (χ0v) is 21.6. The molecule has 3 aromatic carbocycles. The summed E-state index contributed by atoms with van der Waals surface area (Å²) in [5, 5.41) is 9.04. The number of hydrogen-bond acceptors (Lipinski definition) is 7. The van der Waals surface area contributed by atoms with E-state index in [-0.39, 0.29) is 12.5 Å². The van der Waals surface area contributed by atoms with Gasteiger partial charge >= 0.3 is 11.8 Å². The highest BCUT2D eigenvalue weighted by Gasteiger charge is 2.15. The molecular weight excluding hydrogens is 579 g/mol. The van der Waals surface area contributed by atoms with Crippen LogP contribution in [0.1, 0.15) is 5.56 Å². The van der Waals surface area contributed by atoms with Gasteiger partial charge in [0.15, 0.2) is 18.1 Å². The van der Waals surface area contributed by atoms with Crippen LogP contribution in [0, 0.1) is 3.57 Å². The van der Waals surface area contributed by atoms with Gasteiger partial charge in [0.2, 0.25) is 0 Å². The summed E-state index contributed by atoms with van der Waals surface area (Å²) in [6, 6.07) is 18.9. The number of ether oxygens (including phenoxy) is 3. The number of nitrogens with zero attached hydrogens (tertiary/aromatic N) is 1. The van der Waals surface area contributed by atoms with Crippen LogP contribution >= 0.6 is 22.6 Å². The molecule has 0 unspecified atom stereocenters. The minimum atomic E-state index is -0.937. The SMILES string of the molecule is COc1ccc(NC(=O)C(=O)N/N=C\c2cc(I)c(OCC(=O)Nc3ccccc3)c(OC)c2)cc1. The van der Waals surface area contributed by atoms with Crippen molar-refractivity contribution in [3.63, 3.8) is 0 Å². The Morgan fingerprint density at radius 3 is 2.25 bits per heavy atom. The van der Waals surface area contributed by atoms with E-state index >= 15 is 0 Å². The first-order valence-corrected chi connectivity index (χ1v) is 11.6. The number of anilines is 2. The van der Waals surface area contributed by atoms with Crippen molar-refractivity contribution in [3.8, 4) is 17.2 Å². The van der Waals surface area contributed by atoms with Crippen molar-refractivity contribution >= 4 is 57.9 Å². The topological polar surface area (TPSA) is 127 Å². The van der Waals surface area contributed by atoms with Gasteiger partial charge in [-0.15, -0.1) is 0 Å². The maximum absolute atomic E-state index is 12.2. The van der Waals surface area contributed by atoms with E-state index in [1.807, 2.05) is 40.8 Å². The molecule has 36 heavy (non-hydrogen) atoms. The third kappa shape index (κ3) is 7.70. The number of carbonyl (C=O) groups is 3.